The van der Waals surface area contributed by atoms with E-state index in [2.05, 4.69) is 34.4 Å². The zero-order valence-electron chi connectivity index (χ0n) is 15.6. The minimum absolute atomic E-state index is 0. The van der Waals surface area contributed by atoms with Crippen molar-refractivity contribution in [3.63, 3.8) is 0 Å². The first kappa shape index (κ1) is 22.7. The van der Waals surface area contributed by atoms with Crippen molar-refractivity contribution in [2.75, 3.05) is 32.7 Å². The Kier molecular flexibility index (Phi) is 10.3. The van der Waals surface area contributed by atoms with Crippen LogP contribution in [0.5, 0.6) is 0 Å². The molecule has 1 aliphatic rings. The van der Waals surface area contributed by atoms with Crippen molar-refractivity contribution in [2.45, 2.75) is 51.7 Å². The molecule has 0 amide bonds. The zero-order valence-corrected chi connectivity index (χ0v) is 18.8. The Labute approximate surface area is 173 Å². The highest BCUT2D eigenvalue weighted by Gasteiger charge is 2.24. The molecule has 0 aliphatic carbocycles. The largest absolute Gasteiger partial charge is 0.383 e. The molecule has 2 rings (SSSR count). The van der Waals surface area contributed by atoms with E-state index in [1.54, 1.807) is 11.3 Å². The topological polar surface area (TPSA) is 59.9 Å². The van der Waals surface area contributed by atoms with Crippen LogP contribution in [0.3, 0.4) is 0 Å². The molecule has 1 aromatic heterocycles. The fourth-order valence-corrected chi connectivity index (χ4v) is 3.82. The van der Waals surface area contributed by atoms with Crippen LogP contribution >= 0.6 is 35.3 Å². The van der Waals surface area contributed by atoms with Gasteiger partial charge in [-0.15, -0.1) is 35.3 Å². The summed E-state index contributed by atoms with van der Waals surface area (Å²) in [4.78, 5) is 8.07. The summed E-state index contributed by atoms with van der Waals surface area (Å²) in [5.74, 6) is 0.777. The predicted octanol–water partition coefficient (Wildman–Crippen LogP) is 3.00. The summed E-state index contributed by atoms with van der Waals surface area (Å²) in [7, 11) is 0. The number of hydrogen-bond acceptors (Lipinski definition) is 4. The molecule has 5 nitrogen and oxygen atoms in total. The highest BCUT2D eigenvalue weighted by Crippen LogP contribution is 2.25. The lowest BCUT2D eigenvalue weighted by molar-refractivity contribution is 0.0711. The molecule has 2 heterocycles. The van der Waals surface area contributed by atoms with Gasteiger partial charge in [0.1, 0.15) is 5.60 Å². The van der Waals surface area contributed by atoms with Crippen molar-refractivity contribution in [1.29, 1.82) is 0 Å². The first-order valence-corrected chi connectivity index (χ1v) is 9.93. The number of thiophene rings is 1. The van der Waals surface area contributed by atoms with E-state index < -0.39 is 5.60 Å². The third-order valence-electron chi connectivity index (χ3n) is 4.57. The van der Waals surface area contributed by atoms with Gasteiger partial charge in [0, 0.05) is 30.6 Å². The second-order valence-corrected chi connectivity index (χ2v) is 7.70. The van der Waals surface area contributed by atoms with Crippen molar-refractivity contribution in [2.24, 2.45) is 4.99 Å². The number of guanidine groups is 1. The molecule has 144 valence electrons. The van der Waals surface area contributed by atoms with E-state index >= 15 is 0 Å². The first-order valence-electron chi connectivity index (χ1n) is 9.05. The Hall–Kier alpha value is -0.380. The lowest BCUT2D eigenvalue weighted by atomic mass is 10.0. The number of halogens is 1. The van der Waals surface area contributed by atoms with Crippen LogP contribution < -0.4 is 10.6 Å². The lowest BCUT2D eigenvalue weighted by Crippen LogP contribution is -2.45. The van der Waals surface area contributed by atoms with Gasteiger partial charge in [-0.05, 0) is 51.6 Å². The second kappa shape index (κ2) is 11.4. The van der Waals surface area contributed by atoms with Crippen molar-refractivity contribution in [3.05, 3.63) is 22.4 Å². The number of likely N-dealkylation sites (tertiary alicyclic amines) is 1. The van der Waals surface area contributed by atoms with Gasteiger partial charge >= 0.3 is 0 Å². The van der Waals surface area contributed by atoms with E-state index in [-0.39, 0.29) is 24.0 Å². The van der Waals surface area contributed by atoms with Gasteiger partial charge in [-0.3, -0.25) is 4.90 Å². The van der Waals surface area contributed by atoms with Gasteiger partial charge in [0.25, 0.3) is 0 Å². The van der Waals surface area contributed by atoms with Crippen LogP contribution in [-0.4, -0.2) is 54.7 Å². The average Bonchev–Trinajstić information content (AvgIpc) is 3.10. The van der Waals surface area contributed by atoms with Gasteiger partial charge in [0.05, 0.1) is 6.54 Å². The van der Waals surface area contributed by atoms with E-state index in [1.807, 2.05) is 24.4 Å². The molecule has 0 bridgehead atoms. The summed E-state index contributed by atoms with van der Waals surface area (Å²) >= 11 is 1.57. The number of hydrogen-bond donors (Lipinski definition) is 3. The third kappa shape index (κ3) is 7.40. The Morgan fingerprint density at radius 1 is 1.44 bits per heavy atom. The van der Waals surface area contributed by atoms with Crippen LogP contribution in [0.15, 0.2) is 22.5 Å². The van der Waals surface area contributed by atoms with Crippen LogP contribution in [0, 0.1) is 0 Å². The highest BCUT2D eigenvalue weighted by molar-refractivity contribution is 14.0. The predicted molar refractivity (Wildman–Crippen MR) is 118 cm³/mol. The van der Waals surface area contributed by atoms with E-state index in [9.17, 15) is 5.11 Å². The van der Waals surface area contributed by atoms with Gasteiger partial charge in [-0.1, -0.05) is 12.5 Å². The summed E-state index contributed by atoms with van der Waals surface area (Å²) < 4.78 is 0. The van der Waals surface area contributed by atoms with Gasteiger partial charge in [0.2, 0.25) is 0 Å². The molecule has 0 aromatic carbocycles. The Balaban J connectivity index is 0.00000312. The number of aliphatic imine (C=N–C) groups is 1. The molecule has 2 unspecified atom stereocenters. The molecule has 1 aliphatic heterocycles. The minimum Gasteiger partial charge on any atom is -0.383 e. The van der Waals surface area contributed by atoms with Crippen LogP contribution in [0.2, 0.25) is 0 Å². The third-order valence-corrected chi connectivity index (χ3v) is 5.70. The zero-order chi connectivity index (χ0) is 17.4. The molecule has 0 radical (unpaired) electrons. The maximum Gasteiger partial charge on any atom is 0.191 e. The van der Waals surface area contributed by atoms with Crippen molar-refractivity contribution in [1.82, 2.24) is 15.5 Å². The van der Waals surface area contributed by atoms with Gasteiger partial charge < -0.3 is 15.7 Å². The number of piperidine rings is 1. The summed E-state index contributed by atoms with van der Waals surface area (Å²) in [6, 6.07) is 4.60. The van der Waals surface area contributed by atoms with Crippen LogP contribution in [-0.2, 0) is 5.60 Å². The Bertz CT molecular complexity index is 507. The van der Waals surface area contributed by atoms with E-state index in [1.165, 1.54) is 25.8 Å². The van der Waals surface area contributed by atoms with Crippen LogP contribution in [0.4, 0.5) is 0 Å². The standard InChI is InChI=1S/C18H32N4OS.HI/c1-4-19-17(20-10-12-22-11-6-5-8-15(22)2)21-14-18(3,23)16-9-7-13-24-16;/h7,9,13,15,23H,4-6,8,10-12,14H2,1-3H3,(H2,19,20,21);1H. The van der Waals surface area contributed by atoms with Crippen molar-refractivity contribution < 1.29 is 5.11 Å². The van der Waals surface area contributed by atoms with Gasteiger partial charge in [-0.2, -0.15) is 0 Å². The normalized spacial score (nSPS) is 21.3. The quantitative estimate of drug-likeness (QED) is 0.319. The highest BCUT2D eigenvalue weighted by atomic mass is 127. The van der Waals surface area contributed by atoms with E-state index in [0.29, 0.717) is 12.6 Å². The van der Waals surface area contributed by atoms with Crippen LogP contribution in [0.25, 0.3) is 0 Å². The first-order chi connectivity index (χ1) is 11.5. The van der Waals surface area contributed by atoms with Crippen molar-refractivity contribution >= 4 is 41.3 Å². The molecule has 3 N–H and O–H groups in total. The average molecular weight is 480 g/mol. The number of aliphatic hydroxyl groups is 1. The van der Waals surface area contributed by atoms with Gasteiger partial charge in [-0.25, -0.2) is 4.99 Å². The smallest absolute Gasteiger partial charge is 0.191 e. The lowest BCUT2D eigenvalue weighted by Gasteiger charge is -2.33. The molecule has 1 saturated heterocycles. The maximum absolute atomic E-state index is 10.6. The van der Waals surface area contributed by atoms with E-state index in [0.717, 1.165) is 30.5 Å². The molecule has 1 fully saturated rings. The monoisotopic (exact) mass is 480 g/mol. The Morgan fingerprint density at radius 2 is 2.24 bits per heavy atom. The number of nitrogens with zero attached hydrogens (tertiary/aromatic N) is 2. The Morgan fingerprint density at radius 3 is 2.88 bits per heavy atom. The molecule has 25 heavy (non-hydrogen) atoms. The molecular formula is C18H33IN4OS. The van der Waals surface area contributed by atoms with E-state index in [4.69, 9.17) is 0 Å². The maximum atomic E-state index is 10.6. The molecule has 1 aromatic rings. The summed E-state index contributed by atoms with van der Waals surface area (Å²) in [6.45, 7) is 10.5. The van der Waals surface area contributed by atoms with Crippen molar-refractivity contribution in [3.8, 4) is 0 Å². The summed E-state index contributed by atoms with van der Waals surface area (Å²) in [6.07, 6.45) is 3.97. The number of nitrogens with one attached hydrogen (secondary N) is 2. The summed E-state index contributed by atoms with van der Waals surface area (Å²) in [5, 5.41) is 19.2. The SMILES string of the molecule is CCNC(=NCC(C)(O)c1cccs1)NCCN1CCCCC1C.I. The fourth-order valence-electron chi connectivity index (χ4n) is 3.05. The molecular weight excluding hydrogens is 447 g/mol. The minimum atomic E-state index is -0.919. The fraction of sp³-hybridized carbons (Fsp3) is 0.722. The molecule has 0 spiro atoms. The second-order valence-electron chi connectivity index (χ2n) is 6.75. The molecule has 2 atom stereocenters. The van der Waals surface area contributed by atoms with Crippen LogP contribution in [0.1, 0.15) is 44.9 Å². The number of rotatable bonds is 7. The molecule has 7 heteroatoms. The van der Waals surface area contributed by atoms with Gasteiger partial charge in [0.15, 0.2) is 5.96 Å². The summed E-state index contributed by atoms with van der Waals surface area (Å²) in [5.41, 5.74) is -0.919. The molecule has 0 saturated carbocycles.